The van der Waals surface area contributed by atoms with Crippen molar-refractivity contribution in [2.24, 2.45) is 5.41 Å². The molecule has 2 aliphatic heterocycles. The summed E-state index contributed by atoms with van der Waals surface area (Å²) in [7, 11) is 0. The van der Waals surface area contributed by atoms with Crippen LogP contribution in [-0.2, 0) is 11.3 Å². The molecule has 1 unspecified atom stereocenters. The maximum Gasteiger partial charge on any atom is 0.230 e. The van der Waals surface area contributed by atoms with Gasteiger partial charge in [0.15, 0.2) is 0 Å². The van der Waals surface area contributed by atoms with E-state index >= 15 is 0 Å². The number of benzene rings is 1. The molecule has 0 saturated carbocycles. The minimum atomic E-state index is -0.104. The molecule has 0 aromatic heterocycles. The van der Waals surface area contributed by atoms with Crippen molar-refractivity contribution in [3.63, 3.8) is 0 Å². The molecule has 2 fully saturated rings. The molecule has 0 radical (unpaired) electrons. The fourth-order valence-corrected chi connectivity index (χ4v) is 3.48. The molecule has 1 N–H and O–H groups in total. The van der Waals surface area contributed by atoms with Crippen LogP contribution in [0.25, 0.3) is 0 Å². The predicted molar refractivity (Wildman–Crippen MR) is 78.7 cm³/mol. The molecule has 0 aliphatic carbocycles. The molecule has 0 bridgehead atoms. The van der Waals surface area contributed by atoms with Gasteiger partial charge in [0.05, 0.1) is 5.41 Å². The Kier molecular flexibility index (Phi) is 3.63. The Morgan fingerprint density at radius 3 is 2.74 bits per heavy atom. The topological polar surface area (TPSA) is 32.3 Å². The van der Waals surface area contributed by atoms with Crippen LogP contribution in [0.3, 0.4) is 0 Å². The molecule has 1 amide bonds. The van der Waals surface area contributed by atoms with E-state index in [0.29, 0.717) is 5.91 Å². The summed E-state index contributed by atoms with van der Waals surface area (Å²) in [4.78, 5) is 14.7. The van der Waals surface area contributed by atoms with Gasteiger partial charge in [-0.3, -0.25) is 4.79 Å². The molecular formula is C15H19BrN2O. The summed E-state index contributed by atoms with van der Waals surface area (Å²) < 4.78 is 1.08. The highest BCUT2D eigenvalue weighted by atomic mass is 79.9. The van der Waals surface area contributed by atoms with E-state index in [-0.39, 0.29) is 5.41 Å². The summed E-state index contributed by atoms with van der Waals surface area (Å²) >= 11 is 3.44. The van der Waals surface area contributed by atoms with Crippen LogP contribution in [0.4, 0.5) is 0 Å². The standard InChI is InChI=1S/C15H19BrN2O/c16-13-4-2-12(3-5-13)10-18-9-7-15(14(18)19)6-1-8-17-11-15/h2-5,17H,1,6-11H2. The normalized spacial score (nSPS) is 27.2. The van der Waals surface area contributed by atoms with Crippen molar-refractivity contribution in [3.05, 3.63) is 34.3 Å². The first-order valence-corrected chi connectivity index (χ1v) is 7.73. The number of nitrogens with one attached hydrogen (secondary N) is 1. The van der Waals surface area contributed by atoms with Gasteiger partial charge < -0.3 is 10.2 Å². The lowest BCUT2D eigenvalue weighted by Gasteiger charge is -2.32. The molecule has 1 spiro atoms. The minimum absolute atomic E-state index is 0.104. The fourth-order valence-electron chi connectivity index (χ4n) is 3.22. The predicted octanol–water partition coefficient (Wildman–Crippen LogP) is 2.55. The van der Waals surface area contributed by atoms with Crippen LogP contribution in [0, 0.1) is 5.41 Å². The van der Waals surface area contributed by atoms with Gasteiger partial charge in [0.1, 0.15) is 0 Å². The van der Waals surface area contributed by atoms with Crippen LogP contribution in [0.2, 0.25) is 0 Å². The van der Waals surface area contributed by atoms with Gasteiger partial charge in [-0.05, 0) is 43.5 Å². The number of halogens is 1. The van der Waals surface area contributed by atoms with Crippen molar-refractivity contribution in [1.82, 2.24) is 10.2 Å². The Morgan fingerprint density at radius 2 is 2.05 bits per heavy atom. The fraction of sp³-hybridized carbons (Fsp3) is 0.533. The molecule has 1 atom stereocenters. The third-order valence-corrected chi connectivity index (χ3v) is 4.89. The molecule has 2 saturated heterocycles. The third-order valence-electron chi connectivity index (χ3n) is 4.36. The van der Waals surface area contributed by atoms with E-state index in [9.17, 15) is 4.79 Å². The maximum absolute atomic E-state index is 12.6. The van der Waals surface area contributed by atoms with Gasteiger partial charge in [-0.25, -0.2) is 0 Å². The Morgan fingerprint density at radius 1 is 1.26 bits per heavy atom. The van der Waals surface area contributed by atoms with Crippen LogP contribution in [0.1, 0.15) is 24.8 Å². The first-order valence-electron chi connectivity index (χ1n) is 6.94. The second kappa shape index (κ2) is 5.25. The van der Waals surface area contributed by atoms with Crippen molar-refractivity contribution >= 4 is 21.8 Å². The van der Waals surface area contributed by atoms with Gasteiger partial charge in [-0.15, -0.1) is 0 Å². The number of hydrogen-bond acceptors (Lipinski definition) is 2. The van der Waals surface area contributed by atoms with Gasteiger partial charge in [-0.1, -0.05) is 28.1 Å². The Balaban J connectivity index is 1.70. The summed E-state index contributed by atoms with van der Waals surface area (Å²) in [6, 6.07) is 8.24. The number of carbonyl (C=O) groups excluding carboxylic acids is 1. The molecule has 4 heteroatoms. The second-order valence-electron chi connectivity index (χ2n) is 5.66. The van der Waals surface area contributed by atoms with Crippen LogP contribution in [0.5, 0.6) is 0 Å². The summed E-state index contributed by atoms with van der Waals surface area (Å²) in [5, 5.41) is 3.39. The van der Waals surface area contributed by atoms with Gasteiger partial charge in [0, 0.05) is 24.1 Å². The van der Waals surface area contributed by atoms with E-state index in [2.05, 4.69) is 33.4 Å². The Bertz CT molecular complexity index is 466. The molecule has 2 heterocycles. The highest BCUT2D eigenvalue weighted by Crippen LogP contribution is 2.38. The molecule has 1 aromatic rings. The van der Waals surface area contributed by atoms with E-state index in [1.807, 2.05) is 17.0 Å². The van der Waals surface area contributed by atoms with E-state index in [1.165, 1.54) is 5.56 Å². The molecule has 1 aromatic carbocycles. The zero-order chi connectivity index (χ0) is 13.3. The summed E-state index contributed by atoms with van der Waals surface area (Å²) in [6.07, 6.45) is 3.18. The number of piperidine rings is 1. The summed E-state index contributed by atoms with van der Waals surface area (Å²) in [5.41, 5.74) is 1.10. The average Bonchev–Trinajstić information content (AvgIpc) is 2.72. The lowest BCUT2D eigenvalue weighted by atomic mass is 9.79. The van der Waals surface area contributed by atoms with E-state index in [4.69, 9.17) is 0 Å². The zero-order valence-electron chi connectivity index (χ0n) is 11.0. The van der Waals surface area contributed by atoms with E-state index in [0.717, 1.165) is 49.9 Å². The smallest absolute Gasteiger partial charge is 0.230 e. The monoisotopic (exact) mass is 322 g/mol. The van der Waals surface area contributed by atoms with Crippen molar-refractivity contribution in [3.8, 4) is 0 Å². The molecular weight excluding hydrogens is 304 g/mol. The second-order valence-corrected chi connectivity index (χ2v) is 6.58. The largest absolute Gasteiger partial charge is 0.338 e. The lowest BCUT2D eigenvalue weighted by molar-refractivity contribution is -0.137. The molecule has 3 nitrogen and oxygen atoms in total. The summed E-state index contributed by atoms with van der Waals surface area (Å²) in [6.45, 7) is 3.56. The van der Waals surface area contributed by atoms with Gasteiger partial charge >= 0.3 is 0 Å². The van der Waals surface area contributed by atoms with Crippen LogP contribution >= 0.6 is 15.9 Å². The first kappa shape index (κ1) is 13.1. The van der Waals surface area contributed by atoms with Crippen LogP contribution in [0.15, 0.2) is 28.7 Å². The SMILES string of the molecule is O=C1N(Cc2ccc(Br)cc2)CCC12CCCNC2. The van der Waals surface area contributed by atoms with Crippen LogP contribution < -0.4 is 5.32 Å². The van der Waals surface area contributed by atoms with Gasteiger partial charge in [0.25, 0.3) is 0 Å². The highest BCUT2D eigenvalue weighted by Gasteiger charge is 2.46. The van der Waals surface area contributed by atoms with Crippen molar-refractivity contribution < 1.29 is 4.79 Å². The number of nitrogens with zero attached hydrogens (tertiary/aromatic N) is 1. The Labute approximate surface area is 122 Å². The van der Waals surface area contributed by atoms with E-state index < -0.39 is 0 Å². The lowest BCUT2D eigenvalue weighted by Crippen LogP contribution is -2.45. The van der Waals surface area contributed by atoms with Gasteiger partial charge in [0.2, 0.25) is 5.91 Å². The highest BCUT2D eigenvalue weighted by molar-refractivity contribution is 9.10. The van der Waals surface area contributed by atoms with Gasteiger partial charge in [-0.2, -0.15) is 0 Å². The van der Waals surface area contributed by atoms with Crippen molar-refractivity contribution in [1.29, 1.82) is 0 Å². The quantitative estimate of drug-likeness (QED) is 0.907. The number of carbonyl (C=O) groups is 1. The maximum atomic E-state index is 12.6. The number of hydrogen-bond donors (Lipinski definition) is 1. The summed E-state index contributed by atoms with van der Waals surface area (Å²) in [5.74, 6) is 0.350. The van der Waals surface area contributed by atoms with Crippen molar-refractivity contribution in [2.45, 2.75) is 25.8 Å². The minimum Gasteiger partial charge on any atom is -0.338 e. The van der Waals surface area contributed by atoms with Crippen LogP contribution in [-0.4, -0.2) is 30.4 Å². The average molecular weight is 323 g/mol. The molecule has 102 valence electrons. The number of amides is 1. The molecule has 3 rings (SSSR count). The molecule has 2 aliphatic rings. The number of likely N-dealkylation sites (tertiary alicyclic amines) is 1. The zero-order valence-corrected chi connectivity index (χ0v) is 12.6. The first-order chi connectivity index (χ1) is 9.20. The number of rotatable bonds is 2. The van der Waals surface area contributed by atoms with E-state index in [1.54, 1.807) is 0 Å². The Hall–Kier alpha value is -0.870. The third kappa shape index (κ3) is 2.56. The van der Waals surface area contributed by atoms with Crippen molar-refractivity contribution in [2.75, 3.05) is 19.6 Å². The molecule has 19 heavy (non-hydrogen) atoms.